The second-order valence-electron chi connectivity index (χ2n) is 9.04. The van der Waals surface area contributed by atoms with Crippen molar-refractivity contribution in [2.24, 2.45) is 0 Å². The van der Waals surface area contributed by atoms with Gasteiger partial charge in [-0.2, -0.15) is 0 Å². The van der Waals surface area contributed by atoms with Gasteiger partial charge < -0.3 is 19.4 Å². The van der Waals surface area contributed by atoms with E-state index in [1.54, 1.807) is 12.1 Å². The van der Waals surface area contributed by atoms with Gasteiger partial charge >= 0.3 is 0 Å². The third-order valence-corrected chi connectivity index (χ3v) is 6.74. The first kappa shape index (κ1) is 22.6. The normalized spacial score (nSPS) is 21.3. The summed E-state index contributed by atoms with van der Waals surface area (Å²) >= 11 is 0. The molecule has 0 radical (unpaired) electrons. The van der Waals surface area contributed by atoms with E-state index in [2.05, 4.69) is 16.7 Å². The lowest BCUT2D eigenvalue weighted by Crippen LogP contribution is -2.41. The number of carbonyl (C=O) groups excluding carboxylic acids is 1. The van der Waals surface area contributed by atoms with Gasteiger partial charge in [0.05, 0.1) is 12.6 Å². The molecule has 2 unspecified atom stereocenters. The van der Waals surface area contributed by atoms with Crippen molar-refractivity contribution in [3.05, 3.63) is 54.3 Å². The van der Waals surface area contributed by atoms with Gasteiger partial charge in [-0.15, -0.1) is 0 Å². The van der Waals surface area contributed by atoms with Crippen LogP contribution in [0.15, 0.2) is 48.5 Å². The van der Waals surface area contributed by atoms with Gasteiger partial charge in [0.15, 0.2) is 0 Å². The largest absolute Gasteiger partial charge is 0.494 e. The quantitative estimate of drug-likeness (QED) is 0.530. The summed E-state index contributed by atoms with van der Waals surface area (Å²) in [6.07, 6.45) is 5.00. The Morgan fingerprint density at radius 2 is 1.84 bits per heavy atom. The fourth-order valence-corrected chi connectivity index (χ4v) is 4.87. The van der Waals surface area contributed by atoms with Crippen molar-refractivity contribution >= 4 is 17.3 Å². The molecule has 0 N–H and O–H groups in total. The molecule has 2 fully saturated rings. The first-order valence-electron chi connectivity index (χ1n) is 11.8. The van der Waals surface area contributed by atoms with Crippen molar-refractivity contribution in [3.63, 3.8) is 0 Å². The second kappa shape index (κ2) is 10.3. The third kappa shape index (κ3) is 5.41. The Balaban J connectivity index is 1.31. The number of hydrogen-bond acceptors (Lipinski definition) is 4. The van der Waals surface area contributed by atoms with E-state index < -0.39 is 0 Å². The lowest BCUT2D eigenvalue weighted by atomic mass is 10.1. The Kier molecular flexibility index (Phi) is 7.30. The SMILES string of the molecule is CC1CCCN1CCCOc1ccc(N2C(=O)CCC2CN(C)c2ccc(F)cc2)cc1. The highest BCUT2D eigenvalue weighted by Gasteiger charge is 2.33. The van der Waals surface area contributed by atoms with Crippen molar-refractivity contribution in [2.75, 3.05) is 43.1 Å². The summed E-state index contributed by atoms with van der Waals surface area (Å²) in [6.45, 7) is 6.00. The van der Waals surface area contributed by atoms with Crippen molar-refractivity contribution < 1.29 is 13.9 Å². The number of anilines is 2. The van der Waals surface area contributed by atoms with Gasteiger partial charge in [0, 0.05) is 44.0 Å². The van der Waals surface area contributed by atoms with Crippen LogP contribution < -0.4 is 14.5 Å². The number of likely N-dealkylation sites (tertiary alicyclic amines) is 1. The van der Waals surface area contributed by atoms with E-state index in [9.17, 15) is 9.18 Å². The lowest BCUT2D eigenvalue weighted by Gasteiger charge is -2.30. The van der Waals surface area contributed by atoms with Gasteiger partial charge in [-0.3, -0.25) is 4.79 Å². The second-order valence-corrected chi connectivity index (χ2v) is 9.04. The van der Waals surface area contributed by atoms with Crippen molar-refractivity contribution in [1.82, 2.24) is 4.90 Å². The zero-order chi connectivity index (χ0) is 22.5. The fraction of sp³-hybridized carbons (Fsp3) is 0.500. The number of nitrogens with zero attached hydrogens (tertiary/aromatic N) is 3. The standard InChI is InChI=1S/C26H34FN3O2/c1-20-5-3-16-29(20)17-4-18-32-25-13-10-23(11-14-25)30-24(12-15-26(30)31)19-28(2)22-8-6-21(27)7-9-22/h6-11,13-14,20,24H,3-5,12,15-19H2,1-2H3. The van der Waals surface area contributed by atoms with Gasteiger partial charge in [0.2, 0.25) is 5.91 Å². The van der Waals surface area contributed by atoms with Crippen LogP contribution in [0.25, 0.3) is 0 Å². The maximum atomic E-state index is 13.2. The monoisotopic (exact) mass is 439 g/mol. The number of rotatable bonds is 9. The predicted octanol–water partition coefficient (Wildman–Crippen LogP) is 4.71. The molecule has 0 saturated carbocycles. The number of amides is 1. The average molecular weight is 440 g/mol. The van der Waals surface area contributed by atoms with Crippen LogP contribution in [0, 0.1) is 5.82 Å². The van der Waals surface area contributed by atoms with Crippen LogP contribution in [0.2, 0.25) is 0 Å². The molecule has 5 nitrogen and oxygen atoms in total. The Morgan fingerprint density at radius 1 is 1.09 bits per heavy atom. The Hall–Kier alpha value is -2.60. The van der Waals surface area contributed by atoms with Crippen LogP contribution in [-0.2, 0) is 4.79 Å². The zero-order valence-corrected chi connectivity index (χ0v) is 19.2. The molecule has 0 bridgehead atoms. The highest BCUT2D eigenvalue weighted by molar-refractivity contribution is 5.96. The van der Waals surface area contributed by atoms with Crippen molar-refractivity contribution in [2.45, 2.75) is 51.1 Å². The summed E-state index contributed by atoms with van der Waals surface area (Å²) < 4.78 is 19.2. The minimum absolute atomic E-state index is 0.0896. The summed E-state index contributed by atoms with van der Waals surface area (Å²) in [5, 5.41) is 0. The van der Waals surface area contributed by atoms with Crippen LogP contribution in [0.5, 0.6) is 5.75 Å². The lowest BCUT2D eigenvalue weighted by molar-refractivity contribution is -0.117. The molecule has 1 amide bonds. The number of ether oxygens (including phenoxy) is 1. The Bertz CT molecular complexity index is 887. The molecule has 4 rings (SSSR count). The smallest absolute Gasteiger partial charge is 0.227 e. The van der Waals surface area contributed by atoms with Crippen LogP contribution >= 0.6 is 0 Å². The minimum Gasteiger partial charge on any atom is -0.494 e. The summed E-state index contributed by atoms with van der Waals surface area (Å²) in [5.41, 5.74) is 1.85. The minimum atomic E-state index is -0.243. The maximum Gasteiger partial charge on any atom is 0.227 e. The number of benzene rings is 2. The van der Waals surface area contributed by atoms with E-state index in [1.165, 1.54) is 31.5 Å². The number of likely N-dealkylation sites (N-methyl/N-ethyl adjacent to an activating group) is 1. The molecule has 2 aliphatic rings. The molecular formula is C26H34FN3O2. The van der Waals surface area contributed by atoms with E-state index in [0.29, 0.717) is 25.6 Å². The van der Waals surface area contributed by atoms with E-state index in [4.69, 9.17) is 4.74 Å². The van der Waals surface area contributed by atoms with E-state index in [0.717, 1.165) is 36.5 Å². The van der Waals surface area contributed by atoms with Crippen LogP contribution in [0.1, 0.15) is 39.0 Å². The van der Waals surface area contributed by atoms with Gasteiger partial charge in [0.25, 0.3) is 0 Å². The van der Waals surface area contributed by atoms with Crippen LogP contribution in [0.4, 0.5) is 15.8 Å². The molecule has 6 heteroatoms. The van der Waals surface area contributed by atoms with Crippen LogP contribution in [-0.4, -0.2) is 56.2 Å². The van der Waals surface area contributed by atoms with Gasteiger partial charge in [-0.05, 0) is 87.7 Å². The third-order valence-electron chi connectivity index (χ3n) is 6.74. The molecule has 2 heterocycles. The molecule has 2 aromatic carbocycles. The molecule has 2 atom stereocenters. The number of hydrogen-bond donors (Lipinski definition) is 0. The number of carbonyl (C=O) groups is 1. The molecular weight excluding hydrogens is 405 g/mol. The summed E-state index contributed by atoms with van der Waals surface area (Å²) in [5.74, 6) is 0.749. The van der Waals surface area contributed by atoms with Crippen LogP contribution in [0.3, 0.4) is 0 Å². The van der Waals surface area contributed by atoms with Gasteiger partial charge in [-0.25, -0.2) is 4.39 Å². The van der Waals surface area contributed by atoms with E-state index >= 15 is 0 Å². The number of halogens is 1. The first-order valence-corrected chi connectivity index (χ1v) is 11.8. The van der Waals surface area contributed by atoms with E-state index in [-0.39, 0.29) is 17.8 Å². The first-order chi connectivity index (χ1) is 15.5. The maximum absolute atomic E-state index is 13.2. The summed E-state index contributed by atoms with van der Waals surface area (Å²) in [7, 11) is 1.98. The Labute approximate surface area is 190 Å². The molecule has 0 aliphatic carbocycles. The van der Waals surface area contributed by atoms with E-state index in [1.807, 2.05) is 36.2 Å². The van der Waals surface area contributed by atoms with Gasteiger partial charge in [-0.1, -0.05) is 0 Å². The molecule has 0 aromatic heterocycles. The molecule has 2 aliphatic heterocycles. The fourth-order valence-electron chi connectivity index (χ4n) is 4.87. The zero-order valence-electron chi connectivity index (χ0n) is 19.2. The molecule has 0 spiro atoms. The average Bonchev–Trinajstić information content (AvgIpc) is 3.37. The predicted molar refractivity (Wildman–Crippen MR) is 127 cm³/mol. The highest BCUT2D eigenvalue weighted by atomic mass is 19.1. The summed E-state index contributed by atoms with van der Waals surface area (Å²) in [6, 6.07) is 15.1. The molecule has 2 aromatic rings. The molecule has 32 heavy (non-hydrogen) atoms. The molecule has 172 valence electrons. The van der Waals surface area contributed by atoms with Crippen molar-refractivity contribution in [3.8, 4) is 5.75 Å². The summed E-state index contributed by atoms with van der Waals surface area (Å²) in [4.78, 5) is 19.1. The molecule has 2 saturated heterocycles. The van der Waals surface area contributed by atoms with Crippen molar-refractivity contribution in [1.29, 1.82) is 0 Å². The van der Waals surface area contributed by atoms with Gasteiger partial charge in [0.1, 0.15) is 11.6 Å². The topological polar surface area (TPSA) is 36.0 Å². The Morgan fingerprint density at radius 3 is 2.53 bits per heavy atom. The highest BCUT2D eigenvalue weighted by Crippen LogP contribution is 2.29.